The Kier molecular flexibility index (Phi) is 5.50. The Morgan fingerprint density at radius 3 is 2.40 bits per heavy atom. The third-order valence-electron chi connectivity index (χ3n) is 7.45. The number of nitrogens with zero attached hydrogens (tertiary/aromatic N) is 2. The quantitative estimate of drug-likeness (QED) is 0.782. The molecule has 2 aromatic rings. The van der Waals surface area contributed by atoms with Gasteiger partial charge in [-0.15, -0.1) is 0 Å². The molecular formula is C24H32N2O3S. The van der Waals surface area contributed by atoms with Crippen LogP contribution in [0, 0.1) is 11.8 Å². The molecule has 0 spiro atoms. The third kappa shape index (κ3) is 3.63. The number of aliphatic hydroxyl groups is 1. The van der Waals surface area contributed by atoms with Crippen molar-refractivity contribution >= 4 is 26.5 Å². The van der Waals surface area contributed by atoms with Crippen molar-refractivity contribution in [1.29, 1.82) is 0 Å². The van der Waals surface area contributed by atoms with E-state index in [1.165, 1.54) is 19.3 Å². The molecule has 2 aliphatic heterocycles. The zero-order valence-corrected chi connectivity index (χ0v) is 18.4. The summed E-state index contributed by atoms with van der Waals surface area (Å²) in [6.07, 6.45) is 7.89. The number of likely N-dealkylation sites (tertiary alicyclic amines) is 1. The molecule has 1 atom stereocenters. The highest BCUT2D eigenvalue weighted by atomic mass is 32.2. The average Bonchev–Trinajstić information content (AvgIpc) is 2.99. The molecular weight excluding hydrogens is 396 g/mol. The minimum absolute atomic E-state index is 0.215. The smallest absolute Gasteiger partial charge is 0.265 e. The number of anilines is 1. The van der Waals surface area contributed by atoms with E-state index in [0.29, 0.717) is 23.3 Å². The summed E-state index contributed by atoms with van der Waals surface area (Å²) in [7, 11) is -3.47. The van der Waals surface area contributed by atoms with E-state index in [2.05, 4.69) is 4.90 Å². The van der Waals surface area contributed by atoms with Crippen molar-refractivity contribution in [3.05, 3.63) is 36.4 Å². The Hall–Kier alpha value is -1.63. The van der Waals surface area contributed by atoms with E-state index >= 15 is 0 Å². The molecule has 1 N–H and O–H groups in total. The van der Waals surface area contributed by atoms with Crippen LogP contribution in [0.5, 0.6) is 0 Å². The van der Waals surface area contributed by atoms with Crippen LogP contribution in [0.1, 0.15) is 44.9 Å². The van der Waals surface area contributed by atoms with Crippen LogP contribution in [-0.4, -0.2) is 50.7 Å². The Labute approximate surface area is 179 Å². The Morgan fingerprint density at radius 1 is 0.967 bits per heavy atom. The van der Waals surface area contributed by atoms with Crippen LogP contribution in [0.15, 0.2) is 41.3 Å². The van der Waals surface area contributed by atoms with Gasteiger partial charge in [-0.05, 0) is 68.1 Å². The first kappa shape index (κ1) is 20.3. The van der Waals surface area contributed by atoms with Crippen LogP contribution < -0.4 is 4.31 Å². The van der Waals surface area contributed by atoms with Gasteiger partial charge in [0.1, 0.15) is 0 Å². The van der Waals surface area contributed by atoms with E-state index in [1.54, 1.807) is 10.4 Å². The molecule has 0 bridgehead atoms. The van der Waals surface area contributed by atoms with E-state index in [9.17, 15) is 13.5 Å². The highest BCUT2D eigenvalue weighted by molar-refractivity contribution is 7.93. The third-order valence-corrected chi connectivity index (χ3v) is 9.27. The summed E-state index contributed by atoms with van der Waals surface area (Å²) in [5, 5.41) is 12.5. The SMILES string of the molecule is O=S1(=O)c2cccc3cccc(c23)N1CC1CCN(C[C@H](O)C2CCCCC2)CC1. The molecule has 0 amide bonds. The summed E-state index contributed by atoms with van der Waals surface area (Å²) in [5.74, 6) is 0.817. The van der Waals surface area contributed by atoms with E-state index in [0.717, 1.165) is 61.8 Å². The summed E-state index contributed by atoms with van der Waals surface area (Å²) >= 11 is 0. The van der Waals surface area contributed by atoms with E-state index < -0.39 is 10.0 Å². The predicted octanol–water partition coefficient (Wildman–Crippen LogP) is 4.00. The standard InChI is InChI=1S/C24H32N2O3S/c27-22(19-6-2-1-3-7-19)17-25-14-12-18(13-15-25)16-26-21-10-4-8-20-9-5-11-23(24(20)21)30(26,28)29/h4-5,8-11,18-19,22,27H,1-3,6-7,12-17H2/t22-/m0/s1. The molecule has 0 aromatic heterocycles. The molecule has 2 fully saturated rings. The van der Waals surface area contributed by atoms with Crippen LogP contribution in [-0.2, 0) is 10.0 Å². The monoisotopic (exact) mass is 428 g/mol. The van der Waals surface area contributed by atoms with E-state index in [4.69, 9.17) is 0 Å². The lowest BCUT2D eigenvalue weighted by Crippen LogP contribution is -2.44. The molecule has 162 valence electrons. The van der Waals surface area contributed by atoms with Crippen molar-refractivity contribution < 1.29 is 13.5 Å². The summed E-state index contributed by atoms with van der Waals surface area (Å²) < 4.78 is 28.1. The van der Waals surface area contributed by atoms with Crippen molar-refractivity contribution in [2.45, 2.75) is 55.9 Å². The fourth-order valence-electron chi connectivity index (χ4n) is 5.67. The largest absolute Gasteiger partial charge is 0.392 e. The molecule has 0 radical (unpaired) electrons. The molecule has 30 heavy (non-hydrogen) atoms. The maximum absolute atomic E-state index is 13.2. The van der Waals surface area contributed by atoms with Crippen LogP contribution in [0.25, 0.3) is 10.8 Å². The molecule has 3 aliphatic rings. The zero-order chi connectivity index (χ0) is 20.7. The summed E-state index contributed by atoms with van der Waals surface area (Å²) in [4.78, 5) is 2.83. The molecule has 0 unspecified atom stereocenters. The molecule has 1 saturated heterocycles. The first-order valence-electron chi connectivity index (χ1n) is 11.5. The number of benzene rings is 2. The van der Waals surface area contributed by atoms with Gasteiger partial charge in [0.15, 0.2) is 0 Å². The minimum atomic E-state index is -3.47. The zero-order valence-electron chi connectivity index (χ0n) is 17.5. The number of β-amino-alcohol motifs (C(OH)–C–C–N with tert-alkyl or cyclic N) is 1. The minimum Gasteiger partial charge on any atom is -0.392 e. The van der Waals surface area contributed by atoms with Crippen LogP contribution in [0.4, 0.5) is 5.69 Å². The summed E-state index contributed by atoms with van der Waals surface area (Å²) in [6.45, 7) is 3.21. The van der Waals surface area contributed by atoms with Crippen LogP contribution in [0.2, 0.25) is 0 Å². The van der Waals surface area contributed by atoms with Crippen molar-refractivity contribution in [1.82, 2.24) is 4.90 Å². The first-order chi connectivity index (χ1) is 14.5. The van der Waals surface area contributed by atoms with Gasteiger partial charge >= 0.3 is 0 Å². The fraction of sp³-hybridized carbons (Fsp3) is 0.583. The van der Waals surface area contributed by atoms with Crippen molar-refractivity contribution in [2.24, 2.45) is 11.8 Å². The van der Waals surface area contributed by atoms with E-state index in [-0.39, 0.29) is 6.10 Å². The Balaban J connectivity index is 1.23. The maximum atomic E-state index is 13.2. The van der Waals surface area contributed by atoms with Gasteiger partial charge in [0.25, 0.3) is 10.0 Å². The van der Waals surface area contributed by atoms with Gasteiger partial charge in [0, 0.05) is 18.5 Å². The number of rotatable bonds is 5. The van der Waals surface area contributed by atoms with Gasteiger partial charge in [-0.3, -0.25) is 4.31 Å². The maximum Gasteiger partial charge on any atom is 0.265 e. The van der Waals surface area contributed by atoms with E-state index in [1.807, 2.05) is 30.3 Å². The van der Waals surface area contributed by atoms with Gasteiger partial charge in [-0.25, -0.2) is 8.42 Å². The van der Waals surface area contributed by atoms with Crippen molar-refractivity contribution in [3.63, 3.8) is 0 Å². The lowest BCUT2D eigenvalue weighted by molar-refractivity contribution is 0.0370. The van der Waals surface area contributed by atoms with Gasteiger partial charge < -0.3 is 10.0 Å². The fourth-order valence-corrected chi connectivity index (χ4v) is 7.46. The highest BCUT2D eigenvalue weighted by Gasteiger charge is 2.37. The average molecular weight is 429 g/mol. The second kappa shape index (κ2) is 8.13. The number of hydrogen-bond donors (Lipinski definition) is 1. The van der Waals surface area contributed by atoms with Crippen LogP contribution in [0.3, 0.4) is 0 Å². The summed E-state index contributed by atoms with van der Waals surface area (Å²) in [5.41, 5.74) is 0.832. The predicted molar refractivity (Wildman–Crippen MR) is 120 cm³/mol. The van der Waals surface area contributed by atoms with Gasteiger partial charge in [-0.1, -0.05) is 43.5 Å². The second-order valence-corrected chi connectivity index (χ2v) is 11.2. The molecule has 1 saturated carbocycles. The highest BCUT2D eigenvalue weighted by Crippen LogP contribution is 2.42. The van der Waals surface area contributed by atoms with Gasteiger partial charge in [-0.2, -0.15) is 0 Å². The lowest BCUT2D eigenvalue weighted by Gasteiger charge is -2.36. The molecule has 5 rings (SSSR count). The molecule has 1 aliphatic carbocycles. The Morgan fingerprint density at radius 2 is 1.67 bits per heavy atom. The number of hydrogen-bond acceptors (Lipinski definition) is 4. The van der Waals surface area contributed by atoms with Crippen molar-refractivity contribution in [3.8, 4) is 0 Å². The Bertz CT molecular complexity index is 1000. The van der Waals surface area contributed by atoms with Crippen molar-refractivity contribution in [2.75, 3.05) is 30.5 Å². The molecule has 6 heteroatoms. The molecule has 2 heterocycles. The second-order valence-electron chi connectivity index (χ2n) is 9.38. The number of aliphatic hydroxyl groups excluding tert-OH is 1. The number of sulfonamides is 1. The van der Waals surface area contributed by atoms with Crippen LogP contribution >= 0.6 is 0 Å². The number of piperidine rings is 1. The molecule has 5 nitrogen and oxygen atoms in total. The van der Waals surface area contributed by atoms with Gasteiger partial charge in [0.2, 0.25) is 0 Å². The normalized spacial score (nSPS) is 23.8. The van der Waals surface area contributed by atoms with Gasteiger partial charge in [0.05, 0.1) is 16.7 Å². The topological polar surface area (TPSA) is 60.9 Å². The molecule has 2 aromatic carbocycles. The first-order valence-corrected chi connectivity index (χ1v) is 12.9. The lowest BCUT2D eigenvalue weighted by atomic mass is 9.85. The summed E-state index contributed by atoms with van der Waals surface area (Å²) in [6, 6.07) is 11.4.